The molecule has 19 heavy (non-hydrogen) atoms. The molecule has 6 heteroatoms. The molecule has 2 N–H and O–H groups in total. The van der Waals surface area contributed by atoms with Crippen LogP contribution >= 0.6 is 0 Å². The highest BCUT2D eigenvalue weighted by molar-refractivity contribution is 5.83. The topological polar surface area (TPSA) is 70.2 Å². The summed E-state index contributed by atoms with van der Waals surface area (Å²) < 4.78 is 0. The molecule has 2 heterocycles. The predicted molar refractivity (Wildman–Crippen MR) is 75.3 cm³/mol. The molecule has 1 aromatic rings. The van der Waals surface area contributed by atoms with Crippen LogP contribution in [-0.4, -0.2) is 43.1 Å². The van der Waals surface area contributed by atoms with Crippen LogP contribution in [0, 0.1) is 12.3 Å². The van der Waals surface area contributed by atoms with Gasteiger partial charge in [-0.15, -0.1) is 0 Å². The molecule has 1 fully saturated rings. The van der Waals surface area contributed by atoms with Gasteiger partial charge in [-0.2, -0.15) is 4.98 Å². The van der Waals surface area contributed by atoms with Crippen molar-refractivity contribution in [3.05, 3.63) is 11.8 Å². The molecule has 104 valence electrons. The van der Waals surface area contributed by atoms with Gasteiger partial charge in [-0.25, -0.2) is 4.98 Å². The van der Waals surface area contributed by atoms with Crippen LogP contribution < -0.4 is 15.5 Å². The summed E-state index contributed by atoms with van der Waals surface area (Å²) in [6.07, 6.45) is 2.65. The van der Waals surface area contributed by atoms with Gasteiger partial charge in [-0.3, -0.25) is 4.79 Å². The summed E-state index contributed by atoms with van der Waals surface area (Å²) in [5, 5.41) is 5.69. The third kappa shape index (κ3) is 2.47. The Morgan fingerprint density at radius 1 is 1.47 bits per heavy atom. The fourth-order valence-electron chi connectivity index (χ4n) is 2.50. The fraction of sp³-hybridized carbons (Fsp3) is 0.615. The van der Waals surface area contributed by atoms with Crippen LogP contribution in [0.2, 0.25) is 0 Å². The summed E-state index contributed by atoms with van der Waals surface area (Å²) in [5.41, 5.74) is 0.687. The zero-order valence-electron chi connectivity index (χ0n) is 11.9. The number of nitrogens with one attached hydrogen (secondary N) is 2. The summed E-state index contributed by atoms with van der Waals surface area (Å²) in [4.78, 5) is 22.8. The zero-order chi connectivity index (χ0) is 14.0. The van der Waals surface area contributed by atoms with Crippen molar-refractivity contribution >= 4 is 17.7 Å². The van der Waals surface area contributed by atoms with E-state index in [0.29, 0.717) is 12.5 Å². The van der Waals surface area contributed by atoms with Crippen molar-refractivity contribution in [3.8, 4) is 0 Å². The van der Waals surface area contributed by atoms with E-state index in [-0.39, 0.29) is 11.3 Å². The van der Waals surface area contributed by atoms with Crippen LogP contribution in [0.15, 0.2) is 6.20 Å². The Balaban J connectivity index is 2.23. The summed E-state index contributed by atoms with van der Waals surface area (Å²) in [6, 6.07) is 0. The Hall–Kier alpha value is -1.85. The molecule has 1 aliphatic rings. The number of amides is 1. The van der Waals surface area contributed by atoms with E-state index in [1.165, 1.54) is 0 Å². The maximum absolute atomic E-state index is 11.9. The van der Waals surface area contributed by atoms with Gasteiger partial charge in [0.05, 0.1) is 5.41 Å². The largest absolute Gasteiger partial charge is 0.359 e. The number of hydrogen-bond donors (Lipinski definition) is 2. The van der Waals surface area contributed by atoms with E-state index in [4.69, 9.17) is 0 Å². The predicted octanol–water partition coefficient (Wildman–Crippen LogP) is 0.789. The van der Waals surface area contributed by atoms with Crippen molar-refractivity contribution in [2.75, 3.05) is 37.4 Å². The number of aromatic nitrogens is 2. The number of carbonyl (C=O) groups excluding carboxylic acids is 1. The van der Waals surface area contributed by atoms with Crippen LogP contribution in [0.1, 0.15) is 18.9 Å². The van der Waals surface area contributed by atoms with Gasteiger partial charge in [0.1, 0.15) is 5.82 Å². The Kier molecular flexibility index (Phi) is 3.59. The molecule has 1 aromatic heterocycles. The van der Waals surface area contributed by atoms with Crippen LogP contribution in [0.25, 0.3) is 0 Å². The van der Waals surface area contributed by atoms with Gasteiger partial charge in [0.25, 0.3) is 0 Å². The van der Waals surface area contributed by atoms with Crippen LogP contribution in [0.4, 0.5) is 11.8 Å². The molecule has 0 aliphatic carbocycles. The van der Waals surface area contributed by atoms with Gasteiger partial charge >= 0.3 is 0 Å². The van der Waals surface area contributed by atoms with Gasteiger partial charge in [0.2, 0.25) is 11.9 Å². The highest BCUT2D eigenvalue weighted by Crippen LogP contribution is 2.33. The van der Waals surface area contributed by atoms with Gasteiger partial charge in [-0.1, -0.05) is 0 Å². The lowest BCUT2D eigenvalue weighted by atomic mass is 9.89. The molecule has 1 saturated heterocycles. The third-order valence-electron chi connectivity index (χ3n) is 3.72. The number of aryl methyl sites for hydroxylation is 1. The standard InChI is InChI=1S/C13H21N5O/c1-9-7-16-12(15-4)17-10(9)18-6-5-13(2,8-18)11(19)14-3/h7H,5-6,8H2,1-4H3,(H,14,19)(H,15,16,17). The second-order valence-electron chi connectivity index (χ2n) is 5.26. The lowest BCUT2D eigenvalue weighted by molar-refractivity contribution is -0.128. The molecule has 0 spiro atoms. The fourth-order valence-corrected chi connectivity index (χ4v) is 2.50. The quantitative estimate of drug-likeness (QED) is 0.843. The number of anilines is 2. The average molecular weight is 263 g/mol. The summed E-state index contributed by atoms with van der Waals surface area (Å²) in [7, 11) is 3.48. The molecular formula is C13H21N5O. The number of rotatable bonds is 3. The minimum atomic E-state index is -0.341. The normalized spacial score (nSPS) is 22.4. The molecular weight excluding hydrogens is 242 g/mol. The molecule has 0 saturated carbocycles. The zero-order valence-corrected chi connectivity index (χ0v) is 11.9. The summed E-state index contributed by atoms with van der Waals surface area (Å²) in [5.74, 6) is 1.61. The van der Waals surface area contributed by atoms with Crippen molar-refractivity contribution in [1.82, 2.24) is 15.3 Å². The van der Waals surface area contributed by atoms with Gasteiger partial charge in [0.15, 0.2) is 0 Å². The highest BCUT2D eigenvalue weighted by Gasteiger charge is 2.40. The van der Waals surface area contributed by atoms with E-state index >= 15 is 0 Å². The first-order valence-corrected chi connectivity index (χ1v) is 6.48. The minimum absolute atomic E-state index is 0.0931. The first-order chi connectivity index (χ1) is 9.00. The van der Waals surface area contributed by atoms with E-state index in [0.717, 1.165) is 24.3 Å². The van der Waals surface area contributed by atoms with Crippen molar-refractivity contribution < 1.29 is 4.79 Å². The second kappa shape index (κ2) is 5.03. The molecule has 2 rings (SSSR count). The van der Waals surface area contributed by atoms with E-state index in [9.17, 15) is 4.79 Å². The summed E-state index contributed by atoms with van der Waals surface area (Å²) in [6.45, 7) is 5.52. The van der Waals surface area contributed by atoms with Crippen molar-refractivity contribution in [2.24, 2.45) is 5.41 Å². The smallest absolute Gasteiger partial charge is 0.227 e. The Bertz CT molecular complexity index is 490. The first-order valence-electron chi connectivity index (χ1n) is 6.48. The lowest BCUT2D eigenvalue weighted by Gasteiger charge is -2.24. The second-order valence-corrected chi connectivity index (χ2v) is 5.26. The minimum Gasteiger partial charge on any atom is -0.359 e. The average Bonchev–Trinajstić information content (AvgIpc) is 2.82. The molecule has 1 aliphatic heterocycles. The first kappa shape index (κ1) is 13.6. The SMILES string of the molecule is CNC(=O)C1(C)CCN(c2nc(NC)ncc2C)C1. The maximum atomic E-state index is 11.9. The maximum Gasteiger partial charge on any atom is 0.227 e. The molecule has 6 nitrogen and oxygen atoms in total. The van der Waals surface area contributed by atoms with E-state index in [1.54, 1.807) is 14.1 Å². The lowest BCUT2D eigenvalue weighted by Crippen LogP contribution is -2.39. The van der Waals surface area contributed by atoms with Crippen molar-refractivity contribution in [3.63, 3.8) is 0 Å². The molecule has 0 radical (unpaired) electrons. The Labute approximate surface area is 113 Å². The van der Waals surface area contributed by atoms with Crippen molar-refractivity contribution in [1.29, 1.82) is 0 Å². The molecule has 1 amide bonds. The van der Waals surface area contributed by atoms with Gasteiger partial charge in [-0.05, 0) is 20.3 Å². The van der Waals surface area contributed by atoms with Crippen molar-refractivity contribution in [2.45, 2.75) is 20.3 Å². The Morgan fingerprint density at radius 2 is 2.21 bits per heavy atom. The van der Waals surface area contributed by atoms with Crippen LogP contribution in [0.5, 0.6) is 0 Å². The highest BCUT2D eigenvalue weighted by atomic mass is 16.2. The molecule has 1 atom stereocenters. The third-order valence-corrected chi connectivity index (χ3v) is 3.72. The number of carbonyl (C=O) groups is 1. The molecule has 0 aromatic carbocycles. The van der Waals surface area contributed by atoms with Gasteiger partial charge in [0, 0.05) is 38.9 Å². The van der Waals surface area contributed by atoms with E-state index < -0.39 is 0 Å². The molecule has 1 unspecified atom stereocenters. The monoisotopic (exact) mass is 263 g/mol. The molecule has 0 bridgehead atoms. The number of nitrogens with zero attached hydrogens (tertiary/aromatic N) is 3. The Morgan fingerprint density at radius 3 is 2.84 bits per heavy atom. The van der Waals surface area contributed by atoms with E-state index in [2.05, 4.69) is 25.5 Å². The van der Waals surface area contributed by atoms with Gasteiger partial charge < -0.3 is 15.5 Å². The van der Waals surface area contributed by atoms with Crippen LogP contribution in [0.3, 0.4) is 0 Å². The summed E-state index contributed by atoms with van der Waals surface area (Å²) >= 11 is 0. The number of hydrogen-bond acceptors (Lipinski definition) is 5. The van der Waals surface area contributed by atoms with Crippen LogP contribution in [-0.2, 0) is 4.79 Å². The van der Waals surface area contributed by atoms with E-state index in [1.807, 2.05) is 20.0 Å².